The molecule has 0 fully saturated rings. The third-order valence-corrected chi connectivity index (χ3v) is 4.24. The zero-order valence-corrected chi connectivity index (χ0v) is 14.7. The van der Waals surface area contributed by atoms with Gasteiger partial charge in [0, 0.05) is 29.7 Å². The third-order valence-electron chi connectivity index (χ3n) is 4.24. The van der Waals surface area contributed by atoms with Crippen LogP contribution in [0.3, 0.4) is 0 Å². The fraction of sp³-hybridized carbons (Fsp3) is 0.190. The molecule has 2 aromatic carbocycles. The second-order valence-corrected chi connectivity index (χ2v) is 6.07. The van der Waals surface area contributed by atoms with Crippen molar-refractivity contribution in [1.82, 2.24) is 10.3 Å². The van der Waals surface area contributed by atoms with E-state index in [1.807, 2.05) is 36.5 Å². The van der Waals surface area contributed by atoms with Gasteiger partial charge in [0.1, 0.15) is 5.75 Å². The van der Waals surface area contributed by atoms with Crippen molar-refractivity contribution in [2.24, 2.45) is 0 Å². The molecular formula is C21H22N2O3. The number of aromatic hydroxyl groups is 1. The maximum Gasteiger partial charge on any atom is 0.330 e. The fourth-order valence-electron chi connectivity index (χ4n) is 2.81. The van der Waals surface area contributed by atoms with E-state index in [1.165, 1.54) is 24.3 Å². The minimum absolute atomic E-state index is 0.285. The molecule has 5 nitrogen and oxygen atoms in total. The number of rotatable bonds is 7. The van der Waals surface area contributed by atoms with Crippen LogP contribution in [0.1, 0.15) is 16.7 Å². The summed E-state index contributed by atoms with van der Waals surface area (Å²) in [4.78, 5) is 14.3. The number of benzene rings is 2. The van der Waals surface area contributed by atoms with E-state index in [4.69, 9.17) is 0 Å². The number of ether oxygens (including phenoxy) is 1. The molecular weight excluding hydrogens is 328 g/mol. The Balaban J connectivity index is 1.49. The molecule has 0 atom stereocenters. The molecule has 3 aromatic rings. The highest BCUT2D eigenvalue weighted by Gasteiger charge is 2.04. The minimum Gasteiger partial charge on any atom is -0.508 e. The molecule has 0 unspecified atom stereocenters. The normalized spacial score (nSPS) is 11.3. The Labute approximate surface area is 152 Å². The Morgan fingerprint density at radius 1 is 1.23 bits per heavy atom. The van der Waals surface area contributed by atoms with E-state index in [0.717, 1.165) is 36.0 Å². The Kier molecular flexibility index (Phi) is 5.71. The zero-order chi connectivity index (χ0) is 18.4. The average Bonchev–Trinajstić information content (AvgIpc) is 3.06. The quantitative estimate of drug-likeness (QED) is 0.347. The van der Waals surface area contributed by atoms with Crippen LogP contribution in [-0.2, 0) is 22.5 Å². The van der Waals surface area contributed by atoms with Gasteiger partial charge < -0.3 is 20.1 Å². The molecule has 0 saturated carbocycles. The first-order valence-electron chi connectivity index (χ1n) is 8.50. The number of phenols is 1. The largest absolute Gasteiger partial charge is 0.508 e. The number of H-pyrrole nitrogens is 1. The van der Waals surface area contributed by atoms with E-state index < -0.39 is 0 Å². The van der Waals surface area contributed by atoms with Gasteiger partial charge in [-0.1, -0.05) is 24.3 Å². The second kappa shape index (κ2) is 8.36. The van der Waals surface area contributed by atoms with E-state index in [-0.39, 0.29) is 11.7 Å². The lowest BCUT2D eigenvalue weighted by Gasteiger charge is -2.05. The van der Waals surface area contributed by atoms with E-state index in [0.29, 0.717) is 0 Å². The third kappa shape index (κ3) is 4.52. The molecule has 0 spiro atoms. The number of carbonyl (C=O) groups is 1. The number of hydrogen-bond donors (Lipinski definition) is 3. The summed E-state index contributed by atoms with van der Waals surface area (Å²) in [5, 5.41) is 14.1. The number of carbonyl (C=O) groups excluding carboxylic acids is 1. The van der Waals surface area contributed by atoms with Crippen LogP contribution < -0.4 is 5.32 Å². The number of aromatic nitrogens is 1. The van der Waals surface area contributed by atoms with Gasteiger partial charge in [0.05, 0.1) is 7.11 Å². The van der Waals surface area contributed by atoms with Crippen LogP contribution in [0.2, 0.25) is 0 Å². The topological polar surface area (TPSA) is 74.3 Å². The number of hydrogen-bond acceptors (Lipinski definition) is 4. The van der Waals surface area contributed by atoms with E-state index in [2.05, 4.69) is 15.0 Å². The Morgan fingerprint density at radius 2 is 2.04 bits per heavy atom. The molecule has 3 N–H and O–H groups in total. The summed E-state index contributed by atoms with van der Waals surface area (Å²) >= 11 is 0. The maximum absolute atomic E-state index is 11.1. The van der Waals surface area contributed by atoms with Crippen molar-refractivity contribution in [1.29, 1.82) is 0 Å². The Morgan fingerprint density at radius 3 is 2.81 bits per heavy atom. The average molecular weight is 350 g/mol. The summed E-state index contributed by atoms with van der Waals surface area (Å²) < 4.78 is 4.57. The lowest BCUT2D eigenvalue weighted by atomic mass is 10.1. The van der Waals surface area contributed by atoms with Crippen LogP contribution in [0.15, 0.2) is 54.7 Å². The first-order valence-corrected chi connectivity index (χ1v) is 8.50. The highest BCUT2D eigenvalue weighted by Crippen LogP contribution is 2.23. The summed E-state index contributed by atoms with van der Waals surface area (Å²) in [6.45, 7) is 1.61. The predicted octanol–water partition coefficient (Wildman–Crippen LogP) is 3.39. The van der Waals surface area contributed by atoms with Crippen molar-refractivity contribution in [3.8, 4) is 5.75 Å². The summed E-state index contributed by atoms with van der Waals surface area (Å²) in [7, 11) is 1.36. The molecule has 0 aliphatic rings. The second-order valence-electron chi connectivity index (χ2n) is 6.07. The number of nitrogens with one attached hydrogen (secondary N) is 2. The number of fused-ring (bicyclic) bond motifs is 1. The highest BCUT2D eigenvalue weighted by atomic mass is 16.5. The van der Waals surface area contributed by atoms with Gasteiger partial charge in [0.25, 0.3) is 0 Å². The molecule has 1 heterocycles. The van der Waals surface area contributed by atoms with Gasteiger partial charge in [-0.05, 0) is 53.9 Å². The molecule has 5 heteroatoms. The molecule has 134 valence electrons. The van der Waals surface area contributed by atoms with Crippen molar-refractivity contribution in [2.45, 2.75) is 13.0 Å². The first kappa shape index (κ1) is 17.8. The summed E-state index contributed by atoms with van der Waals surface area (Å²) in [5.41, 5.74) is 4.36. The van der Waals surface area contributed by atoms with Crippen molar-refractivity contribution in [3.05, 3.63) is 71.4 Å². The van der Waals surface area contributed by atoms with Gasteiger partial charge in [-0.15, -0.1) is 0 Å². The van der Waals surface area contributed by atoms with Crippen LogP contribution in [0.5, 0.6) is 5.75 Å². The van der Waals surface area contributed by atoms with E-state index in [1.54, 1.807) is 18.2 Å². The van der Waals surface area contributed by atoms with Crippen LogP contribution in [-0.4, -0.2) is 29.7 Å². The molecule has 0 saturated heterocycles. The van der Waals surface area contributed by atoms with Crippen LogP contribution in [0.25, 0.3) is 17.0 Å². The SMILES string of the molecule is COC(=O)C=Cc1ccc(CNCCc2c[nH]c3ccc(O)cc23)cc1. The first-order chi connectivity index (χ1) is 12.7. The van der Waals surface area contributed by atoms with Crippen LogP contribution in [0, 0.1) is 0 Å². The van der Waals surface area contributed by atoms with Gasteiger partial charge in [-0.3, -0.25) is 0 Å². The number of methoxy groups -OCH3 is 1. The molecule has 0 bridgehead atoms. The molecule has 0 aliphatic carbocycles. The molecule has 0 radical (unpaired) electrons. The Bertz CT molecular complexity index is 911. The monoisotopic (exact) mass is 350 g/mol. The van der Waals surface area contributed by atoms with Gasteiger partial charge in [-0.25, -0.2) is 4.79 Å². The number of phenolic OH excluding ortho intramolecular Hbond substituents is 1. The lowest BCUT2D eigenvalue weighted by Crippen LogP contribution is -2.16. The van der Waals surface area contributed by atoms with Crippen molar-refractivity contribution in [2.75, 3.05) is 13.7 Å². The van der Waals surface area contributed by atoms with Crippen LogP contribution >= 0.6 is 0 Å². The minimum atomic E-state index is -0.360. The number of aromatic amines is 1. The van der Waals surface area contributed by atoms with Gasteiger partial charge >= 0.3 is 5.97 Å². The zero-order valence-electron chi connectivity index (χ0n) is 14.7. The molecule has 26 heavy (non-hydrogen) atoms. The maximum atomic E-state index is 11.1. The fourth-order valence-corrected chi connectivity index (χ4v) is 2.81. The highest BCUT2D eigenvalue weighted by molar-refractivity contribution is 5.87. The number of esters is 1. The van der Waals surface area contributed by atoms with Gasteiger partial charge in [0.2, 0.25) is 0 Å². The summed E-state index contributed by atoms with van der Waals surface area (Å²) in [6.07, 6.45) is 6.01. The van der Waals surface area contributed by atoms with Crippen molar-refractivity contribution < 1.29 is 14.6 Å². The van der Waals surface area contributed by atoms with E-state index >= 15 is 0 Å². The van der Waals surface area contributed by atoms with Crippen molar-refractivity contribution in [3.63, 3.8) is 0 Å². The smallest absolute Gasteiger partial charge is 0.330 e. The van der Waals surface area contributed by atoms with Crippen LogP contribution in [0.4, 0.5) is 0 Å². The Hall–Kier alpha value is -3.05. The van der Waals surface area contributed by atoms with Gasteiger partial charge in [-0.2, -0.15) is 0 Å². The standard InChI is InChI=1S/C21H22N2O3/c1-26-21(25)9-6-15-2-4-16(5-3-15)13-22-11-10-17-14-23-20-8-7-18(24)12-19(17)20/h2-9,12,14,22-24H,10-11,13H2,1H3. The van der Waals surface area contributed by atoms with Crippen molar-refractivity contribution >= 4 is 22.9 Å². The summed E-state index contributed by atoms with van der Waals surface area (Å²) in [5.74, 6) is -0.0750. The van der Waals surface area contributed by atoms with E-state index in [9.17, 15) is 9.90 Å². The summed E-state index contributed by atoms with van der Waals surface area (Å²) in [6, 6.07) is 13.4. The predicted molar refractivity (Wildman–Crippen MR) is 103 cm³/mol. The van der Waals surface area contributed by atoms with Gasteiger partial charge in [0.15, 0.2) is 0 Å². The lowest BCUT2D eigenvalue weighted by molar-refractivity contribution is -0.134. The molecule has 3 rings (SSSR count). The molecule has 1 aromatic heterocycles. The molecule has 0 amide bonds. The molecule has 0 aliphatic heterocycles.